The maximum atomic E-state index is 12.4. The molecule has 10 heteroatoms. The van der Waals surface area contributed by atoms with Gasteiger partial charge in [0.1, 0.15) is 5.75 Å². The number of alkyl halides is 3. The average molecular weight is 409 g/mol. The van der Waals surface area contributed by atoms with Crippen molar-refractivity contribution in [2.75, 3.05) is 13.7 Å². The fraction of sp³-hybridized carbons (Fsp3) is 0.263. The normalized spacial score (nSPS) is 11.6. The SMILES string of the molecule is COCCn1c(=O)[nH]c2cc(C(=O)NCc3ccc(OC(F)(F)F)cc3)ccc21. The van der Waals surface area contributed by atoms with Gasteiger partial charge in [0.05, 0.1) is 24.2 Å². The number of halogens is 3. The van der Waals surface area contributed by atoms with Crippen LogP contribution in [0.4, 0.5) is 13.2 Å². The van der Waals surface area contributed by atoms with Gasteiger partial charge < -0.3 is 19.8 Å². The van der Waals surface area contributed by atoms with Gasteiger partial charge in [-0.3, -0.25) is 9.36 Å². The number of carbonyl (C=O) groups is 1. The number of aromatic amines is 1. The van der Waals surface area contributed by atoms with Gasteiger partial charge in [0.2, 0.25) is 0 Å². The summed E-state index contributed by atoms with van der Waals surface area (Å²) in [4.78, 5) is 27.1. The summed E-state index contributed by atoms with van der Waals surface area (Å²) in [6, 6.07) is 10.0. The Morgan fingerprint density at radius 3 is 2.55 bits per heavy atom. The standard InChI is InChI=1S/C19H18F3N3O4/c1-28-9-8-25-16-7-4-13(10-15(16)24-18(25)27)17(26)23-11-12-2-5-14(6-3-12)29-19(20,21)22/h2-7,10H,8-9,11H2,1H3,(H,23,26)(H,24,27). The van der Waals surface area contributed by atoms with E-state index in [1.165, 1.54) is 28.8 Å². The van der Waals surface area contributed by atoms with Crippen molar-refractivity contribution >= 4 is 16.9 Å². The predicted molar refractivity (Wildman–Crippen MR) is 98.7 cm³/mol. The number of methoxy groups -OCH3 is 1. The molecule has 0 saturated heterocycles. The largest absolute Gasteiger partial charge is 0.573 e. The number of rotatable bonds is 7. The van der Waals surface area contributed by atoms with Crippen molar-refractivity contribution in [2.24, 2.45) is 0 Å². The number of nitrogens with zero attached hydrogens (tertiary/aromatic N) is 1. The molecule has 154 valence electrons. The molecule has 7 nitrogen and oxygen atoms in total. The van der Waals surface area contributed by atoms with Crippen molar-refractivity contribution < 1.29 is 27.4 Å². The summed E-state index contributed by atoms with van der Waals surface area (Å²) < 4.78 is 46.8. The average Bonchev–Trinajstić information content (AvgIpc) is 2.98. The number of hydrogen-bond donors (Lipinski definition) is 2. The van der Waals surface area contributed by atoms with Gasteiger partial charge >= 0.3 is 12.1 Å². The van der Waals surface area contributed by atoms with Crippen molar-refractivity contribution in [3.05, 3.63) is 64.1 Å². The van der Waals surface area contributed by atoms with Crippen LogP contribution in [0.3, 0.4) is 0 Å². The van der Waals surface area contributed by atoms with Crippen molar-refractivity contribution in [3.63, 3.8) is 0 Å². The Morgan fingerprint density at radius 2 is 1.90 bits per heavy atom. The fourth-order valence-corrected chi connectivity index (χ4v) is 2.80. The Bertz CT molecular complexity index is 1060. The molecule has 0 aliphatic rings. The summed E-state index contributed by atoms with van der Waals surface area (Å²) in [5.74, 6) is -0.715. The third kappa shape index (κ3) is 5.17. The monoisotopic (exact) mass is 409 g/mol. The highest BCUT2D eigenvalue weighted by Crippen LogP contribution is 2.22. The second kappa shape index (κ2) is 8.39. The Hall–Kier alpha value is -3.27. The molecule has 1 heterocycles. The van der Waals surface area contributed by atoms with Gasteiger partial charge in [-0.25, -0.2) is 4.79 Å². The van der Waals surface area contributed by atoms with Gasteiger partial charge in [-0.1, -0.05) is 12.1 Å². The number of carbonyl (C=O) groups excluding carboxylic acids is 1. The lowest BCUT2D eigenvalue weighted by Gasteiger charge is -2.10. The molecule has 0 spiro atoms. The van der Waals surface area contributed by atoms with Crippen LogP contribution in [0.2, 0.25) is 0 Å². The van der Waals surface area contributed by atoms with Gasteiger partial charge in [-0.2, -0.15) is 0 Å². The Labute approximate surface area is 163 Å². The number of aromatic nitrogens is 2. The zero-order valence-electron chi connectivity index (χ0n) is 15.4. The highest BCUT2D eigenvalue weighted by atomic mass is 19.4. The topological polar surface area (TPSA) is 85.4 Å². The molecular formula is C19H18F3N3O4. The summed E-state index contributed by atoms with van der Waals surface area (Å²) in [7, 11) is 1.54. The van der Waals surface area contributed by atoms with Crippen molar-refractivity contribution in [1.82, 2.24) is 14.9 Å². The van der Waals surface area contributed by atoms with Gasteiger partial charge in [0.15, 0.2) is 0 Å². The lowest BCUT2D eigenvalue weighted by molar-refractivity contribution is -0.274. The second-order valence-corrected chi connectivity index (χ2v) is 6.18. The molecular weight excluding hydrogens is 391 g/mol. The maximum Gasteiger partial charge on any atom is 0.573 e. The first-order valence-electron chi connectivity index (χ1n) is 8.61. The number of benzene rings is 2. The minimum Gasteiger partial charge on any atom is -0.406 e. The molecule has 1 amide bonds. The first-order valence-corrected chi connectivity index (χ1v) is 8.61. The lowest BCUT2D eigenvalue weighted by Crippen LogP contribution is -2.22. The van der Waals surface area contributed by atoms with Crippen LogP contribution in [0.15, 0.2) is 47.3 Å². The number of H-pyrrole nitrogens is 1. The summed E-state index contributed by atoms with van der Waals surface area (Å²) in [5.41, 5.74) is 1.83. The van der Waals surface area contributed by atoms with Gasteiger partial charge in [0.25, 0.3) is 5.91 Å². The predicted octanol–water partition coefficient (Wildman–Crippen LogP) is 2.80. The molecule has 2 aromatic carbocycles. The molecule has 0 unspecified atom stereocenters. The van der Waals surface area contributed by atoms with E-state index in [0.717, 1.165) is 0 Å². The van der Waals surface area contributed by atoms with Crippen LogP contribution in [0.5, 0.6) is 5.75 Å². The van der Waals surface area contributed by atoms with Crippen molar-refractivity contribution in [1.29, 1.82) is 0 Å². The van der Waals surface area contributed by atoms with Gasteiger partial charge in [-0.05, 0) is 35.9 Å². The summed E-state index contributed by atoms with van der Waals surface area (Å²) >= 11 is 0. The molecule has 29 heavy (non-hydrogen) atoms. The van der Waals surface area contributed by atoms with E-state index in [1.807, 2.05) is 0 Å². The molecule has 0 saturated carbocycles. The zero-order valence-corrected chi connectivity index (χ0v) is 15.4. The van der Waals surface area contributed by atoms with E-state index in [0.29, 0.717) is 35.3 Å². The molecule has 1 aromatic heterocycles. The van der Waals surface area contributed by atoms with E-state index in [1.54, 1.807) is 25.3 Å². The number of imidazole rings is 1. The van der Waals surface area contributed by atoms with E-state index in [-0.39, 0.29) is 23.9 Å². The number of amides is 1. The molecule has 3 rings (SSSR count). The third-order valence-corrected chi connectivity index (χ3v) is 4.17. The van der Waals surface area contributed by atoms with Crippen LogP contribution < -0.4 is 15.7 Å². The summed E-state index contributed by atoms with van der Waals surface area (Å²) in [6.07, 6.45) is -4.75. The van der Waals surface area contributed by atoms with Crippen molar-refractivity contribution in [2.45, 2.75) is 19.5 Å². The first kappa shape index (κ1) is 20.5. The van der Waals surface area contributed by atoms with Crippen LogP contribution in [-0.4, -0.2) is 35.5 Å². The summed E-state index contributed by atoms with van der Waals surface area (Å²) in [5, 5.41) is 2.68. The fourth-order valence-electron chi connectivity index (χ4n) is 2.80. The molecule has 0 aliphatic heterocycles. The van der Waals surface area contributed by atoms with Gasteiger partial charge in [0, 0.05) is 19.2 Å². The highest BCUT2D eigenvalue weighted by molar-refractivity contribution is 5.97. The van der Waals surface area contributed by atoms with Crippen LogP contribution in [0, 0.1) is 0 Å². The first-order chi connectivity index (χ1) is 13.8. The van der Waals surface area contributed by atoms with Crippen LogP contribution >= 0.6 is 0 Å². The number of nitrogens with one attached hydrogen (secondary N) is 2. The number of hydrogen-bond acceptors (Lipinski definition) is 4. The Balaban J connectivity index is 1.66. The Kier molecular flexibility index (Phi) is 5.92. The van der Waals surface area contributed by atoms with E-state index < -0.39 is 6.36 Å². The molecule has 0 aliphatic carbocycles. The second-order valence-electron chi connectivity index (χ2n) is 6.18. The zero-order chi connectivity index (χ0) is 21.0. The molecule has 2 N–H and O–H groups in total. The van der Waals surface area contributed by atoms with E-state index in [2.05, 4.69) is 15.0 Å². The minimum atomic E-state index is -4.75. The number of fused-ring (bicyclic) bond motifs is 1. The van der Waals surface area contributed by atoms with Crippen LogP contribution in [-0.2, 0) is 17.8 Å². The third-order valence-electron chi connectivity index (χ3n) is 4.17. The van der Waals surface area contributed by atoms with Crippen LogP contribution in [0.1, 0.15) is 15.9 Å². The van der Waals surface area contributed by atoms with Crippen LogP contribution in [0.25, 0.3) is 11.0 Å². The van der Waals surface area contributed by atoms with E-state index in [4.69, 9.17) is 4.74 Å². The van der Waals surface area contributed by atoms with Crippen molar-refractivity contribution in [3.8, 4) is 5.75 Å². The van der Waals surface area contributed by atoms with E-state index >= 15 is 0 Å². The highest BCUT2D eigenvalue weighted by Gasteiger charge is 2.30. The smallest absolute Gasteiger partial charge is 0.406 e. The molecule has 0 radical (unpaired) electrons. The quantitative estimate of drug-likeness (QED) is 0.629. The Morgan fingerprint density at radius 1 is 1.17 bits per heavy atom. The molecule has 0 bridgehead atoms. The number of ether oxygens (including phenoxy) is 2. The summed E-state index contributed by atoms with van der Waals surface area (Å²) in [6.45, 7) is 0.880. The van der Waals surface area contributed by atoms with E-state index in [9.17, 15) is 22.8 Å². The van der Waals surface area contributed by atoms with Gasteiger partial charge in [-0.15, -0.1) is 13.2 Å². The lowest BCUT2D eigenvalue weighted by atomic mass is 10.1. The minimum absolute atomic E-state index is 0.120. The molecule has 3 aromatic rings. The molecule has 0 fully saturated rings. The molecule has 0 atom stereocenters. The maximum absolute atomic E-state index is 12.4.